The van der Waals surface area contributed by atoms with Gasteiger partial charge < -0.3 is 10.4 Å². The summed E-state index contributed by atoms with van der Waals surface area (Å²) >= 11 is 11.4. The van der Waals surface area contributed by atoms with E-state index in [1.807, 2.05) is 13.8 Å². The van der Waals surface area contributed by atoms with Crippen LogP contribution in [0.4, 0.5) is 5.69 Å². The highest BCUT2D eigenvalue weighted by Crippen LogP contribution is 2.23. The van der Waals surface area contributed by atoms with Gasteiger partial charge in [0.2, 0.25) is 0 Å². The molecule has 0 saturated carbocycles. The molecule has 0 spiro atoms. The zero-order chi connectivity index (χ0) is 10.8. The zero-order valence-electron chi connectivity index (χ0n) is 7.88. The molecule has 14 heavy (non-hydrogen) atoms. The summed E-state index contributed by atoms with van der Waals surface area (Å²) in [5.74, 6) is 0. The van der Waals surface area contributed by atoms with Crippen molar-refractivity contribution in [1.29, 1.82) is 0 Å². The van der Waals surface area contributed by atoms with Crippen LogP contribution in [0.15, 0.2) is 6.07 Å². The molecule has 0 aliphatic carbocycles. The van der Waals surface area contributed by atoms with Gasteiger partial charge in [-0.25, -0.2) is 0 Å². The number of aromatic nitrogens is 2. The molecule has 0 bridgehead atoms. The molecule has 1 heterocycles. The Labute approximate surface area is 92.2 Å². The number of nitrogens with zero attached hydrogens (tertiary/aromatic N) is 2. The molecule has 0 aliphatic heterocycles. The predicted molar refractivity (Wildman–Crippen MR) is 56.8 cm³/mol. The number of aliphatic hydroxyl groups excluding tert-OH is 1. The van der Waals surface area contributed by atoms with E-state index in [-0.39, 0.29) is 16.9 Å². The van der Waals surface area contributed by atoms with E-state index in [4.69, 9.17) is 28.3 Å². The van der Waals surface area contributed by atoms with Gasteiger partial charge in [-0.1, -0.05) is 23.2 Å². The molecule has 1 aromatic heterocycles. The first kappa shape index (κ1) is 11.5. The van der Waals surface area contributed by atoms with Crippen LogP contribution < -0.4 is 5.32 Å². The molecule has 0 radical (unpaired) electrons. The molecule has 4 nitrogen and oxygen atoms in total. The van der Waals surface area contributed by atoms with E-state index in [0.29, 0.717) is 5.69 Å². The van der Waals surface area contributed by atoms with E-state index < -0.39 is 5.54 Å². The summed E-state index contributed by atoms with van der Waals surface area (Å²) < 4.78 is 0. The number of halogens is 2. The molecule has 0 saturated heterocycles. The van der Waals surface area contributed by atoms with Crippen molar-refractivity contribution in [2.75, 3.05) is 11.9 Å². The van der Waals surface area contributed by atoms with Gasteiger partial charge in [-0.2, -0.15) is 0 Å². The fourth-order valence-corrected chi connectivity index (χ4v) is 1.13. The lowest BCUT2D eigenvalue weighted by Gasteiger charge is -2.24. The Hall–Kier alpha value is -0.580. The largest absolute Gasteiger partial charge is 0.394 e. The molecule has 0 amide bonds. The number of aliphatic hydroxyl groups is 1. The van der Waals surface area contributed by atoms with E-state index in [1.54, 1.807) is 6.07 Å². The van der Waals surface area contributed by atoms with E-state index in [0.717, 1.165) is 0 Å². The van der Waals surface area contributed by atoms with Crippen LogP contribution in [-0.2, 0) is 0 Å². The van der Waals surface area contributed by atoms with Crippen molar-refractivity contribution in [2.24, 2.45) is 0 Å². The first-order valence-corrected chi connectivity index (χ1v) is 4.78. The smallest absolute Gasteiger partial charge is 0.174 e. The van der Waals surface area contributed by atoms with Crippen LogP contribution in [0.5, 0.6) is 0 Å². The minimum Gasteiger partial charge on any atom is -0.394 e. The maximum Gasteiger partial charge on any atom is 0.174 e. The molecule has 0 fully saturated rings. The minimum atomic E-state index is -0.476. The molecule has 1 rings (SSSR count). The third-order valence-corrected chi connectivity index (χ3v) is 2.05. The van der Waals surface area contributed by atoms with Gasteiger partial charge in [-0.05, 0) is 13.8 Å². The average Bonchev–Trinajstić information content (AvgIpc) is 2.11. The third kappa shape index (κ3) is 2.97. The Kier molecular flexibility index (Phi) is 3.53. The molecule has 0 atom stereocenters. The van der Waals surface area contributed by atoms with E-state index in [1.165, 1.54) is 0 Å². The summed E-state index contributed by atoms with van der Waals surface area (Å²) in [6, 6.07) is 1.56. The summed E-state index contributed by atoms with van der Waals surface area (Å²) in [6.45, 7) is 3.64. The van der Waals surface area contributed by atoms with Crippen molar-refractivity contribution in [2.45, 2.75) is 19.4 Å². The van der Waals surface area contributed by atoms with Crippen LogP contribution in [0.3, 0.4) is 0 Å². The summed E-state index contributed by atoms with van der Waals surface area (Å²) in [5, 5.41) is 19.7. The second kappa shape index (κ2) is 4.29. The Morgan fingerprint density at radius 3 is 2.64 bits per heavy atom. The number of nitrogens with one attached hydrogen (secondary N) is 1. The van der Waals surface area contributed by atoms with Gasteiger partial charge in [-0.15, -0.1) is 10.2 Å². The summed E-state index contributed by atoms with van der Waals surface area (Å²) in [7, 11) is 0. The highest BCUT2D eigenvalue weighted by atomic mass is 35.5. The molecule has 1 aromatic rings. The first-order valence-electron chi connectivity index (χ1n) is 4.02. The van der Waals surface area contributed by atoms with Crippen molar-refractivity contribution in [3.8, 4) is 0 Å². The summed E-state index contributed by atoms with van der Waals surface area (Å²) in [6.07, 6.45) is 0. The first-order chi connectivity index (χ1) is 6.44. The van der Waals surface area contributed by atoms with Crippen molar-refractivity contribution < 1.29 is 5.11 Å². The van der Waals surface area contributed by atoms with Crippen LogP contribution in [0.1, 0.15) is 13.8 Å². The molecule has 0 aliphatic rings. The second-order valence-corrected chi connectivity index (χ2v) is 4.28. The maximum atomic E-state index is 9.04. The van der Waals surface area contributed by atoms with Crippen molar-refractivity contribution in [1.82, 2.24) is 10.2 Å². The second-order valence-electron chi connectivity index (χ2n) is 3.54. The fraction of sp³-hybridized carbons (Fsp3) is 0.500. The number of hydrogen-bond acceptors (Lipinski definition) is 4. The molecular weight excluding hydrogens is 225 g/mol. The number of anilines is 1. The Morgan fingerprint density at radius 1 is 1.43 bits per heavy atom. The van der Waals surface area contributed by atoms with Crippen LogP contribution in [0, 0.1) is 0 Å². The lowest BCUT2D eigenvalue weighted by Crippen LogP contribution is -2.35. The minimum absolute atomic E-state index is 0.0245. The molecule has 2 N–H and O–H groups in total. The van der Waals surface area contributed by atoms with Crippen LogP contribution in [-0.4, -0.2) is 27.4 Å². The SMILES string of the molecule is CC(C)(CO)Nc1cc(Cl)nnc1Cl. The van der Waals surface area contributed by atoms with Crippen molar-refractivity contribution in [3.63, 3.8) is 0 Å². The monoisotopic (exact) mass is 235 g/mol. The number of rotatable bonds is 3. The molecule has 0 aromatic carbocycles. The lowest BCUT2D eigenvalue weighted by molar-refractivity contribution is 0.234. The highest BCUT2D eigenvalue weighted by molar-refractivity contribution is 6.33. The standard InChI is InChI=1S/C8H11Cl2N3O/c1-8(2,4-14)11-5-3-6(9)12-13-7(5)10/h3,14H,4H2,1-2H3,(H,11,12). The zero-order valence-corrected chi connectivity index (χ0v) is 9.39. The summed E-state index contributed by atoms with van der Waals surface area (Å²) in [4.78, 5) is 0. The lowest BCUT2D eigenvalue weighted by atomic mass is 10.1. The predicted octanol–water partition coefficient (Wildman–Crippen LogP) is 1.97. The van der Waals surface area contributed by atoms with Gasteiger partial charge >= 0.3 is 0 Å². The Balaban J connectivity index is 2.91. The topological polar surface area (TPSA) is 58.0 Å². The van der Waals surface area contributed by atoms with E-state index in [2.05, 4.69) is 15.5 Å². The van der Waals surface area contributed by atoms with Crippen LogP contribution in [0.2, 0.25) is 10.3 Å². The Morgan fingerprint density at radius 2 is 2.07 bits per heavy atom. The number of hydrogen-bond donors (Lipinski definition) is 2. The van der Waals surface area contributed by atoms with Crippen molar-refractivity contribution >= 4 is 28.9 Å². The molecule has 78 valence electrons. The highest BCUT2D eigenvalue weighted by Gasteiger charge is 2.17. The van der Waals surface area contributed by atoms with Crippen molar-refractivity contribution in [3.05, 3.63) is 16.4 Å². The van der Waals surface area contributed by atoms with Crippen LogP contribution >= 0.6 is 23.2 Å². The Bertz CT molecular complexity index is 330. The van der Waals surface area contributed by atoms with Gasteiger partial charge in [0, 0.05) is 6.07 Å². The van der Waals surface area contributed by atoms with Crippen LogP contribution in [0.25, 0.3) is 0 Å². The van der Waals surface area contributed by atoms with E-state index >= 15 is 0 Å². The van der Waals surface area contributed by atoms with Gasteiger partial charge in [0.05, 0.1) is 17.8 Å². The van der Waals surface area contributed by atoms with Gasteiger partial charge in [0.1, 0.15) is 0 Å². The van der Waals surface area contributed by atoms with Gasteiger partial charge in [-0.3, -0.25) is 0 Å². The fourth-order valence-electron chi connectivity index (χ4n) is 0.845. The van der Waals surface area contributed by atoms with Gasteiger partial charge in [0.25, 0.3) is 0 Å². The maximum absolute atomic E-state index is 9.04. The molecular formula is C8H11Cl2N3O. The molecule has 6 heteroatoms. The molecule has 0 unspecified atom stereocenters. The quantitative estimate of drug-likeness (QED) is 0.842. The average molecular weight is 236 g/mol. The summed E-state index contributed by atoms with van der Waals surface area (Å²) in [5.41, 5.74) is 0.0847. The van der Waals surface area contributed by atoms with Gasteiger partial charge in [0.15, 0.2) is 10.3 Å². The van der Waals surface area contributed by atoms with E-state index in [9.17, 15) is 0 Å². The third-order valence-electron chi connectivity index (χ3n) is 1.59. The normalized spacial score (nSPS) is 11.5.